The summed E-state index contributed by atoms with van der Waals surface area (Å²) >= 11 is 0. The Kier molecular flexibility index (Phi) is 6.90. The van der Waals surface area contributed by atoms with Gasteiger partial charge in [-0.2, -0.15) is 0 Å². The Hall–Kier alpha value is -0.930. The molecule has 2 saturated carbocycles. The number of nitrogens with zero attached hydrogens (tertiary/aromatic N) is 1. The molecule has 128 valence electrons. The first-order chi connectivity index (χ1) is 11.4. The Morgan fingerprint density at radius 2 is 1.83 bits per heavy atom. The van der Waals surface area contributed by atoms with E-state index in [9.17, 15) is 0 Å². The number of nitrogens with one attached hydrogen (secondary N) is 2. The van der Waals surface area contributed by atoms with Crippen LogP contribution in [-0.2, 0) is 6.54 Å². The fourth-order valence-corrected chi connectivity index (χ4v) is 4.46. The van der Waals surface area contributed by atoms with Crippen molar-refractivity contribution in [3.63, 3.8) is 0 Å². The molecule has 2 aliphatic carbocycles. The van der Waals surface area contributed by atoms with Crippen LogP contribution in [0.4, 0.5) is 0 Å². The molecule has 3 rings (SSSR count). The van der Waals surface area contributed by atoms with E-state index in [1.165, 1.54) is 64.3 Å². The van der Waals surface area contributed by atoms with E-state index in [4.69, 9.17) is 0 Å². The second-order valence-electron chi connectivity index (χ2n) is 7.47. The minimum absolute atomic E-state index is 0.802. The van der Waals surface area contributed by atoms with Gasteiger partial charge in [0.15, 0.2) is 0 Å². The van der Waals surface area contributed by atoms with Gasteiger partial charge in [0.25, 0.3) is 0 Å². The van der Waals surface area contributed by atoms with Gasteiger partial charge in [0.05, 0.1) is 5.69 Å². The average Bonchev–Trinajstić information content (AvgIpc) is 2.61. The van der Waals surface area contributed by atoms with Crippen LogP contribution in [0.2, 0.25) is 0 Å². The molecule has 2 unspecified atom stereocenters. The lowest BCUT2D eigenvalue weighted by Crippen LogP contribution is -2.39. The van der Waals surface area contributed by atoms with Crippen molar-refractivity contribution < 1.29 is 0 Å². The van der Waals surface area contributed by atoms with E-state index in [1.807, 2.05) is 12.3 Å². The Labute approximate surface area is 141 Å². The number of fused-ring (bicyclic) bond motifs is 1. The second kappa shape index (κ2) is 9.39. The predicted octanol–water partition coefficient (Wildman–Crippen LogP) is 3.90. The van der Waals surface area contributed by atoms with Crippen LogP contribution < -0.4 is 10.6 Å². The van der Waals surface area contributed by atoms with E-state index in [2.05, 4.69) is 27.8 Å². The molecule has 3 atom stereocenters. The van der Waals surface area contributed by atoms with Gasteiger partial charge in [0, 0.05) is 18.8 Å². The topological polar surface area (TPSA) is 37.0 Å². The van der Waals surface area contributed by atoms with E-state index in [0.29, 0.717) is 0 Å². The van der Waals surface area contributed by atoms with E-state index in [-0.39, 0.29) is 0 Å². The quantitative estimate of drug-likeness (QED) is 0.714. The number of pyridine rings is 1. The fourth-order valence-electron chi connectivity index (χ4n) is 4.46. The largest absolute Gasteiger partial charge is 0.314 e. The van der Waals surface area contributed by atoms with Crippen molar-refractivity contribution in [2.24, 2.45) is 11.8 Å². The molecule has 0 spiro atoms. The van der Waals surface area contributed by atoms with Gasteiger partial charge in [-0.15, -0.1) is 0 Å². The molecule has 23 heavy (non-hydrogen) atoms. The van der Waals surface area contributed by atoms with Crippen LogP contribution in [0.25, 0.3) is 0 Å². The maximum absolute atomic E-state index is 4.33. The van der Waals surface area contributed by atoms with Crippen LogP contribution >= 0.6 is 0 Å². The summed E-state index contributed by atoms with van der Waals surface area (Å²) in [6.45, 7) is 3.17. The Morgan fingerprint density at radius 1 is 0.957 bits per heavy atom. The highest BCUT2D eigenvalue weighted by Gasteiger charge is 2.31. The van der Waals surface area contributed by atoms with Crippen LogP contribution in [0.15, 0.2) is 24.4 Å². The van der Waals surface area contributed by atoms with Crippen LogP contribution in [-0.4, -0.2) is 24.1 Å². The summed E-state index contributed by atoms with van der Waals surface area (Å²) in [5.74, 6) is 2.10. The van der Waals surface area contributed by atoms with E-state index in [1.54, 1.807) is 0 Å². The number of hydrogen-bond donors (Lipinski definition) is 2. The predicted molar refractivity (Wildman–Crippen MR) is 96.3 cm³/mol. The highest BCUT2D eigenvalue weighted by Crippen LogP contribution is 2.40. The van der Waals surface area contributed by atoms with Crippen molar-refractivity contribution >= 4 is 0 Å². The molecule has 0 aromatic carbocycles. The Balaban J connectivity index is 1.20. The molecular formula is C20H33N3. The highest BCUT2D eigenvalue weighted by atomic mass is 14.9. The lowest BCUT2D eigenvalue weighted by Gasteiger charge is -2.39. The van der Waals surface area contributed by atoms with Crippen molar-refractivity contribution in [1.82, 2.24) is 15.6 Å². The number of rotatable bonds is 8. The Morgan fingerprint density at radius 3 is 2.70 bits per heavy atom. The van der Waals surface area contributed by atoms with Crippen LogP contribution in [0.5, 0.6) is 0 Å². The molecule has 3 nitrogen and oxygen atoms in total. The number of unbranched alkanes of at least 4 members (excludes halogenated alkanes) is 1. The summed E-state index contributed by atoms with van der Waals surface area (Å²) < 4.78 is 0. The highest BCUT2D eigenvalue weighted by molar-refractivity contribution is 5.02. The summed E-state index contributed by atoms with van der Waals surface area (Å²) in [5.41, 5.74) is 1.13. The van der Waals surface area contributed by atoms with Crippen LogP contribution in [0.1, 0.15) is 63.5 Å². The zero-order chi connectivity index (χ0) is 15.7. The Bertz CT molecular complexity index is 434. The van der Waals surface area contributed by atoms with Gasteiger partial charge in [0.2, 0.25) is 0 Å². The second-order valence-corrected chi connectivity index (χ2v) is 7.47. The molecule has 1 heterocycles. The van der Waals surface area contributed by atoms with E-state index < -0.39 is 0 Å². The van der Waals surface area contributed by atoms with Crippen LogP contribution in [0, 0.1) is 11.8 Å². The molecule has 1 aromatic rings. The van der Waals surface area contributed by atoms with Gasteiger partial charge >= 0.3 is 0 Å². The smallest absolute Gasteiger partial charge is 0.0541 e. The summed E-state index contributed by atoms with van der Waals surface area (Å²) in [7, 11) is 0. The lowest BCUT2D eigenvalue weighted by molar-refractivity contribution is 0.144. The first kappa shape index (κ1) is 16.9. The molecule has 2 N–H and O–H groups in total. The third kappa shape index (κ3) is 5.58. The summed E-state index contributed by atoms with van der Waals surface area (Å²) in [6.07, 6.45) is 14.7. The summed E-state index contributed by atoms with van der Waals surface area (Å²) in [6, 6.07) is 6.90. The molecule has 0 amide bonds. The van der Waals surface area contributed by atoms with Crippen molar-refractivity contribution in [2.75, 3.05) is 13.1 Å². The summed E-state index contributed by atoms with van der Waals surface area (Å²) in [4.78, 5) is 4.33. The first-order valence-electron chi connectivity index (χ1n) is 9.76. The minimum atomic E-state index is 0.802. The molecule has 3 heteroatoms. The van der Waals surface area contributed by atoms with Gasteiger partial charge < -0.3 is 10.6 Å². The first-order valence-corrected chi connectivity index (χ1v) is 9.76. The lowest BCUT2D eigenvalue weighted by atomic mass is 9.69. The van der Waals surface area contributed by atoms with Crippen molar-refractivity contribution in [3.05, 3.63) is 30.1 Å². The third-order valence-corrected chi connectivity index (χ3v) is 5.79. The van der Waals surface area contributed by atoms with Gasteiger partial charge in [0.1, 0.15) is 0 Å². The maximum Gasteiger partial charge on any atom is 0.0541 e. The summed E-state index contributed by atoms with van der Waals surface area (Å²) in [5, 5.41) is 7.31. The van der Waals surface area contributed by atoms with Crippen molar-refractivity contribution in [1.29, 1.82) is 0 Å². The molecule has 0 aliphatic heterocycles. The van der Waals surface area contributed by atoms with Crippen molar-refractivity contribution in [3.8, 4) is 0 Å². The number of aromatic nitrogens is 1. The van der Waals surface area contributed by atoms with Crippen molar-refractivity contribution in [2.45, 2.75) is 70.4 Å². The molecule has 0 radical (unpaired) electrons. The molecule has 2 fully saturated rings. The van der Waals surface area contributed by atoms with Gasteiger partial charge in [-0.1, -0.05) is 31.7 Å². The minimum Gasteiger partial charge on any atom is -0.314 e. The average molecular weight is 316 g/mol. The van der Waals surface area contributed by atoms with Gasteiger partial charge in [-0.3, -0.25) is 4.98 Å². The zero-order valence-corrected chi connectivity index (χ0v) is 14.5. The SMILES string of the molecule is c1ccc(CNCCCCN[C@H]2CCC3CCCCC3C2)nc1. The van der Waals surface area contributed by atoms with Gasteiger partial charge in [-0.25, -0.2) is 0 Å². The normalized spacial score (nSPS) is 27.6. The third-order valence-electron chi connectivity index (χ3n) is 5.79. The molecule has 0 saturated heterocycles. The van der Waals surface area contributed by atoms with E-state index in [0.717, 1.165) is 36.7 Å². The molecule has 0 bridgehead atoms. The molecule has 2 aliphatic rings. The molecular weight excluding hydrogens is 282 g/mol. The standard InChI is InChI=1S/C20H33N3/c1-2-8-18-15-19(11-10-17(18)7-1)22-14-6-5-12-21-16-20-9-3-4-13-23-20/h3-4,9,13,17-19,21-22H,1-2,5-8,10-12,14-16H2/t17?,18?,19-/m0/s1. The van der Waals surface area contributed by atoms with E-state index >= 15 is 0 Å². The zero-order valence-electron chi connectivity index (χ0n) is 14.5. The number of hydrogen-bond acceptors (Lipinski definition) is 3. The van der Waals surface area contributed by atoms with Gasteiger partial charge in [-0.05, 0) is 69.2 Å². The molecule has 1 aromatic heterocycles. The maximum atomic E-state index is 4.33. The fraction of sp³-hybridized carbons (Fsp3) is 0.750. The van der Waals surface area contributed by atoms with Crippen LogP contribution in [0.3, 0.4) is 0 Å². The monoisotopic (exact) mass is 315 g/mol.